The van der Waals surface area contributed by atoms with E-state index in [-0.39, 0.29) is 18.3 Å². The number of esters is 1. The quantitative estimate of drug-likeness (QED) is 0.222. The molecule has 0 amide bonds. The predicted molar refractivity (Wildman–Crippen MR) is 145 cm³/mol. The van der Waals surface area contributed by atoms with Crippen LogP contribution in [0.15, 0.2) is 43.5 Å². The lowest BCUT2D eigenvalue weighted by molar-refractivity contribution is -0.153. The largest absolute Gasteiger partial charge is 0.462 e. The number of aromatic nitrogens is 4. The summed E-state index contributed by atoms with van der Waals surface area (Å²) in [4.78, 5) is 25.1. The first-order chi connectivity index (χ1) is 17.3. The van der Waals surface area contributed by atoms with Gasteiger partial charge in [0.1, 0.15) is 23.7 Å². The van der Waals surface area contributed by atoms with Crippen molar-refractivity contribution in [1.82, 2.24) is 29.7 Å². The van der Waals surface area contributed by atoms with E-state index >= 15 is 0 Å². The van der Waals surface area contributed by atoms with Crippen LogP contribution in [-0.2, 0) is 25.4 Å². The maximum Gasteiger partial charge on any atom is 0.326 e. The van der Waals surface area contributed by atoms with E-state index in [0.29, 0.717) is 34.0 Å². The zero-order valence-electron chi connectivity index (χ0n) is 21.6. The zero-order valence-corrected chi connectivity index (χ0v) is 23.2. The third-order valence-corrected chi connectivity index (χ3v) is 7.56. The van der Waals surface area contributed by atoms with Gasteiger partial charge in [0.2, 0.25) is 0 Å². The van der Waals surface area contributed by atoms with Crippen molar-refractivity contribution in [2.75, 3.05) is 12.1 Å². The van der Waals surface area contributed by atoms with Gasteiger partial charge >= 0.3 is 5.97 Å². The second kappa shape index (κ2) is 11.6. The van der Waals surface area contributed by atoms with Crippen molar-refractivity contribution in [1.29, 1.82) is 0 Å². The molecule has 0 bridgehead atoms. The van der Waals surface area contributed by atoms with Crippen LogP contribution in [0.1, 0.15) is 40.2 Å². The number of hydrogen-bond donors (Lipinski definition) is 3. The molecule has 1 unspecified atom stereocenters. The molecule has 3 rings (SSSR count). The van der Waals surface area contributed by atoms with Crippen LogP contribution in [0, 0.1) is 0 Å². The maximum absolute atomic E-state index is 14.1. The van der Waals surface area contributed by atoms with Crippen LogP contribution in [0.2, 0.25) is 5.02 Å². The highest BCUT2D eigenvalue weighted by Crippen LogP contribution is 2.42. The number of anilines is 1. The Bertz CT molecular complexity index is 1310. The molecule has 0 radical (unpaired) electrons. The van der Waals surface area contributed by atoms with E-state index in [4.69, 9.17) is 26.8 Å². The van der Waals surface area contributed by atoms with E-state index in [9.17, 15) is 9.36 Å². The predicted octanol–water partition coefficient (Wildman–Crippen LogP) is 4.20. The number of hydrogen-bond acceptors (Lipinski definition) is 8. The first-order valence-electron chi connectivity index (χ1n) is 11.7. The van der Waals surface area contributed by atoms with Crippen LogP contribution in [-0.4, -0.2) is 49.6 Å². The topological polar surface area (TPSA) is 146 Å². The summed E-state index contributed by atoms with van der Waals surface area (Å²) in [5, 5.41) is 6.46. The SMILES string of the molecule is C=C(NP(=O)(CO[C@H](C)Cn1cnc2c(N)ncnc21)NC(C)(C)C(=O)OC(C)C)c1ccc(Cl)cc1. The van der Waals surface area contributed by atoms with Crippen LogP contribution in [0.4, 0.5) is 5.82 Å². The van der Waals surface area contributed by atoms with Gasteiger partial charge in [-0.05, 0) is 52.3 Å². The number of nitrogens with two attached hydrogens (primary N) is 1. The first-order valence-corrected chi connectivity index (χ1v) is 13.9. The smallest absolute Gasteiger partial charge is 0.326 e. The lowest BCUT2D eigenvalue weighted by Crippen LogP contribution is -2.49. The van der Waals surface area contributed by atoms with Crippen LogP contribution in [0.5, 0.6) is 0 Å². The van der Waals surface area contributed by atoms with E-state index in [1.807, 2.05) is 6.92 Å². The summed E-state index contributed by atoms with van der Waals surface area (Å²) >= 11 is 5.99. The number of nitrogen functional groups attached to an aromatic ring is 1. The molecular weight excluding hydrogens is 517 g/mol. The van der Waals surface area contributed by atoms with Gasteiger partial charge in [-0.15, -0.1) is 0 Å². The molecule has 11 nitrogen and oxygen atoms in total. The molecule has 0 aliphatic rings. The third kappa shape index (κ3) is 7.52. The van der Waals surface area contributed by atoms with Crippen LogP contribution in [0.25, 0.3) is 16.9 Å². The molecule has 37 heavy (non-hydrogen) atoms. The summed E-state index contributed by atoms with van der Waals surface area (Å²) in [5.74, 6) is -0.261. The molecule has 2 aromatic heterocycles. The highest BCUT2D eigenvalue weighted by atomic mass is 35.5. The molecule has 13 heteroatoms. The number of nitrogens with one attached hydrogen (secondary N) is 2. The highest BCUT2D eigenvalue weighted by molar-refractivity contribution is 7.60. The summed E-state index contributed by atoms with van der Waals surface area (Å²) in [6.07, 6.45) is 1.98. The van der Waals surface area contributed by atoms with Gasteiger partial charge in [0.05, 0.1) is 25.1 Å². The molecule has 0 saturated carbocycles. The second-order valence-corrected chi connectivity index (χ2v) is 12.1. The van der Waals surface area contributed by atoms with E-state index in [0.717, 1.165) is 0 Å². The van der Waals surface area contributed by atoms with Crippen molar-refractivity contribution in [2.45, 2.75) is 58.9 Å². The van der Waals surface area contributed by atoms with Gasteiger partial charge < -0.3 is 24.9 Å². The number of fused-ring (bicyclic) bond motifs is 1. The Kier molecular flexibility index (Phi) is 8.96. The highest BCUT2D eigenvalue weighted by Gasteiger charge is 2.38. The van der Waals surface area contributed by atoms with Crippen molar-refractivity contribution in [3.05, 3.63) is 54.1 Å². The zero-order chi connectivity index (χ0) is 27.4. The third-order valence-electron chi connectivity index (χ3n) is 5.25. The number of carbonyl (C=O) groups is 1. The van der Waals surface area contributed by atoms with Crippen LogP contribution >= 0.6 is 19.0 Å². The Morgan fingerprint density at radius 2 is 1.89 bits per heavy atom. The summed E-state index contributed by atoms with van der Waals surface area (Å²) in [7, 11) is -3.60. The average Bonchev–Trinajstić information content (AvgIpc) is 3.21. The fourth-order valence-electron chi connectivity index (χ4n) is 3.48. The molecule has 0 aliphatic heterocycles. The Labute approximate surface area is 221 Å². The molecule has 1 aromatic carbocycles. The van der Waals surface area contributed by atoms with Gasteiger partial charge in [0.25, 0.3) is 7.44 Å². The molecule has 0 aliphatic carbocycles. The van der Waals surface area contributed by atoms with Crippen molar-refractivity contribution < 1.29 is 18.8 Å². The Balaban J connectivity index is 1.77. The monoisotopic (exact) mass is 549 g/mol. The van der Waals surface area contributed by atoms with Gasteiger partial charge in [-0.1, -0.05) is 30.3 Å². The molecule has 0 spiro atoms. The number of halogens is 1. The first kappa shape index (κ1) is 28.6. The number of rotatable bonds is 12. The summed E-state index contributed by atoms with van der Waals surface area (Å²) in [6, 6.07) is 6.91. The fourth-order valence-corrected chi connectivity index (χ4v) is 5.81. The Morgan fingerprint density at radius 3 is 2.54 bits per heavy atom. The van der Waals surface area contributed by atoms with Crippen molar-refractivity contribution in [3.8, 4) is 0 Å². The van der Waals surface area contributed by atoms with Crippen LogP contribution < -0.4 is 15.9 Å². The van der Waals surface area contributed by atoms with Gasteiger partial charge in [0.15, 0.2) is 11.5 Å². The van der Waals surface area contributed by atoms with Crippen molar-refractivity contribution in [3.63, 3.8) is 0 Å². The number of ether oxygens (including phenoxy) is 2. The van der Waals surface area contributed by atoms with Gasteiger partial charge in [0, 0.05) is 10.7 Å². The van der Waals surface area contributed by atoms with E-state index in [2.05, 4.69) is 31.7 Å². The van der Waals surface area contributed by atoms with E-state index < -0.39 is 25.1 Å². The Hall–Kier alpha value is -2.98. The standard InChI is InChI=1S/C24H33ClN7O4P/c1-15(2)36-23(33)24(5,6)31-37(34,30-17(4)18-7-9-19(25)10-8-18)14-35-16(3)11-32-13-29-20-21(26)27-12-28-22(20)32/h7-10,12-13,15-16H,4,11,14H2,1-3,5-6H3,(H2,26,27,28)(H2,30,31,34)/t16-,37?/m1/s1. The second-order valence-electron chi connectivity index (χ2n) is 9.46. The molecule has 2 heterocycles. The molecule has 3 aromatic rings. The van der Waals surface area contributed by atoms with Crippen LogP contribution in [0.3, 0.4) is 0 Å². The van der Waals surface area contributed by atoms with E-state index in [1.165, 1.54) is 6.33 Å². The molecule has 0 saturated heterocycles. The maximum atomic E-state index is 14.1. The number of nitrogens with zero attached hydrogens (tertiary/aromatic N) is 4. The molecule has 4 N–H and O–H groups in total. The molecule has 2 atom stereocenters. The number of benzene rings is 1. The number of carbonyl (C=O) groups excluding carboxylic acids is 1. The van der Waals surface area contributed by atoms with Gasteiger partial charge in [-0.3, -0.25) is 9.36 Å². The van der Waals surface area contributed by atoms with Gasteiger partial charge in [-0.25, -0.2) is 20.0 Å². The summed E-state index contributed by atoms with van der Waals surface area (Å²) < 4.78 is 27.3. The minimum absolute atomic E-state index is 0.247. The molecular formula is C24H33ClN7O4P. The summed E-state index contributed by atoms with van der Waals surface area (Å²) in [6.45, 7) is 12.9. The van der Waals surface area contributed by atoms with Crippen molar-refractivity contribution >= 4 is 47.7 Å². The van der Waals surface area contributed by atoms with Crippen molar-refractivity contribution in [2.24, 2.45) is 0 Å². The van der Waals surface area contributed by atoms with E-state index in [1.54, 1.807) is 62.9 Å². The normalized spacial score (nSPS) is 14.4. The fraction of sp³-hybridized carbons (Fsp3) is 0.417. The molecule has 0 fully saturated rings. The minimum Gasteiger partial charge on any atom is -0.462 e. The van der Waals surface area contributed by atoms with Gasteiger partial charge in [-0.2, -0.15) is 0 Å². The number of imidazole rings is 1. The average molecular weight is 550 g/mol. The minimum atomic E-state index is -3.60. The summed E-state index contributed by atoms with van der Waals surface area (Å²) in [5.41, 5.74) is 6.71. The Morgan fingerprint density at radius 1 is 1.22 bits per heavy atom. The lowest BCUT2D eigenvalue weighted by atomic mass is 10.1. The molecule has 200 valence electrons. The lowest BCUT2D eigenvalue weighted by Gasteiger charge is -2.32.